The topological polar surface area (TPSA) is 86.3 Å². The highest BCUT2D eigenvalue weighted by molar-refractivity contribution is 6.04. The maximum Gasteiger partial charge on any atom is 0.416 e. The molecule has 0 aliphatic carbocycles. The first kappa shape index (κ1) is 29.1. The monoisotopic (exact) mass is 579 g/mol. The van der Waals surface area contributed by atoms with Gasteiger partial charge in [-0.2, -0.15) is 13.2 Å². The lowest BCUT2D eigenvalue weighted by Gasteiger charge is -2.33. The summed E-state index contributed by atoms with van der Waals surface area (Å²) in [5, 5.41) is 5.59. The number of likely N-dealkylation sites (N-methyl/N-ethyl adjacent to an activating group) is 1. The number of amides is 1. The summed E-state index contributed by atoms with van der Waals surface area (Å²) in [5.41, 5.74) is 1.29. The van der Waals surface area contributed by atoms with Gasteiger partial charge in [0, 0.05) is 79.4 Å². The largest absolute Gasteiger partial charge is 0.416 e. The van der Waals surface area contributed by atoms with E-state index >= 15 is 0 Å². The van der Waals surface area contributed by atoms with E-state index in [-0.39, 0.29) is 28.9 Å². The minimum atomic E-state index is -4.64. The van der Waals surface area contributed by atoms with Gasteiger partial charge in [-0.1, -0.05) is 6.07 Å². The van der Waals surface area contributed by atoms with Gasteiger partial charge in [0.15, 0.2) is 0 Å². The van der Waals surface area contributed by atoms with Crippen LogP contribution in [0, 0.1) is 12.7 Å². The molecule has 218 valence electrons. The highest BCUT2D eigenvalue weighted by Crippen LogP contribution is 2.34. The van der Waals surface area contributed by atoms with Crippen LogP contribution in [-0.4, -0.2) is 63.9 Å². The molecule has 1 aliphatic heterocycles. The van der Waals surface area contributed by atoms with E-state index in [9.17, 15) is 22.4 Å². The summed E-state index contributed by atoms with van der Waals surface area (Å²) >= 11 is 0. The molecule has 4 aromatic rings. The number of piperazine rings is 1. The van der Waals surface area contributed by atoms with Crippen molar-refractivity contribution in [3.05, 3.63) is 95.5 Å². The molecule has 1 amide bonds. The molecule has 0 atom stereocenters. The van der Waals surface area contributed by atoms with Crippen LogP contribution in [0.15, 0.2) is 67.4 Å². The molecule has 1 saturated heterocycles. The number of anilines is 3. The Balaban J connectivity index is 1.35. The fourth-order valence-corrected chi connectivity index (χ4v) is 4.72. The van der Waals surface area contributed by atoms with Crippen molar-refractivity contribution in [3.63, 3.8) is 0 Å². The molecule has 8 nitrogen and oxygen atoms in total. The number of carbonyl (C=O) groups is 1. The van der Waals surface area contributed by atoms with Gasteiger partial charge in [0.1, 0.15) is 18.0 Å². The number of pyridine rings is 1. The van der Waals surface area contributed by atoms with Crippen LogP contribution in [0.5, 0.6) is 0 Å². The summed E-state index contributed by atoms with van der Waals surface area (Å²) in [6.45, 7) is 4.56. The Morgan fingerprint density at radius 2 is 1.71 bits per heavy atom. The van der Waals surface area contributed by atoms with Crippen molar-refractivity contribution < 1.29 is 22.4 Å². The Morgan fingerprint density at radius 3 is 2.43 bits per heavy atom. The summed E-state index contributed by atoms with van der Waals surface area (Å²) in [7, 11) is 1.97. The predicted molar refractivity (Wildman–Crippen MR) is 152 cm³/mol. The standard InChI is InChI=1S/C30H29F4N7O/c1-19-26(31)13-24(14-27(19)39-28-12-20(5-6-37-28)23-15-35-18-36-16-23)38-29(42)21-3-4-22(25(11-21)30(32,33)34)17-41-9-7-40(2)8-10-41/h3-6,11-16,18H,7-10,17H2,1-2H3,(H,37,39)(H,38,42). The van der Waals surface area contributed by atoms with E-state index < -0.39 is 23.5 Å². The lowest BCUT2D eigenvalue weighted by molar-refractivity contribution is -0.138. The third-order valence-electron chi connectivity index (χ3n) is 7.19. The number of benzene rings is 2. The molecule has 2 N–H and O–H groups in total. The molecule has 5 rings (SSSR count). The molecule has 3 heterocycles. The van der Waals surface area contributed by atoms with Gasteiger partial charge in [-0.15, -0.1) is 0 Å². The lowest BCUT2D eigenvalue weighted by atomic mass is 10.0. The van der Waals surface area contributed by atoms with Crippen LogP contribution in [0.2, 0.25) is 0 Å². The quantitative estimate of drug-likeness (QED) is 0.270. The van der Waals surface area contributed by atoms with Gasteiger partial charge in [-0.25, -0.2) is 19.3 Å². The number of aromatic nitrogens is 3. The Bertz CT molecular complexity index is 1570. The fraction of sp³-hybridized carbons (Fsp3) is 0.267. The van der Waals surface area contributed by atoms with Crippen LogP contribution >= 0.6 is 0 Å². The molecule has 0 spiro atoms. The summed E-state index contributed by atoms with van der Waals surface area (Å²) in [5.74, 6) is -0.987. The minimum absolute atomic E-state index is 0.0771. The molecule has 1 aliphatic rings. The third kappa shape index (κ3) is 6.89. The number of alkyl halides is 3. The first-order valence-electron chi connectivity index (χ1n) is 13.3. The normalized spacial score (nSPS) is 14.5. The molecular formula is C30H29F4N7O. The van der Waals surface area contributed by atoms with Crippen molar-refractivity contribution in [2.75, 3.05) is 43.9 Å². The second-order valence-corrected chi connectivity index (χ2v) is 10.2. The average molecular weight is 580 g/mol. The van der Waals surface area contributed by atoms with Crippen LogP contribution in [0.3, 0.4) is 0 Å². The Hall–Kier alpha value is -4.42. The van der Waals surface area contributed by atoms with Crippen molar-refractivity contribution in [1.82, 2.24) is 24.8 Å². The smallest absolute Gasteiger partial charge is 0.340 e. The van der Waals surface area contributed by atoms with Crippen molar-refractivity contribution in [2.45, 2.75) is 19.6 Å². The van der Waals surface area contributed by atoms with Crippen molar-refractivity contribution in [1.29, 1.82) is 0 Å². The maximum atomic E-state index is 14.9. The Labute approximate surface area is 240 Å². The number of nitrogens with one attached hydrogen (secondary N) is 2. The van der Waals surface area contributed by atoms with E-state index in [0.717, 1.165) is 36.3 Å². The zero-order chi connectivity index (χ0) is 29.9. The molecule has 2 aromatic heterocycles. The van der Waals surface area contributed by atoms with Crippen molar-refractivity contribution >= 4 is 23.1 Å². The van der Waals surface area contributed by atoms with E-state index in [2.05, 4.69) is 30.5 Å². The minimum Gasteiger partial charge on any atom is -0.340 e. The summed E-state index contributed by atoms with van der Waals surface area (Å²) in [6.07, 6.45) is 1.65. The number of carbonyl (C=O) groups excluding carboxylic acids is 1. The summed E-state index contributed by atoms with van der Waals surface area (Å²) in [6, 6.07) is 9.70. The van der Waals surface area contributed by atoms with Gasteiger partial charge in [0.25, 0.3) is 5.91 Å². The molecule has 0 saturated carbocycles. The van der Waals surface area contributed by atoms with Gasteiger partial charge >= 0.3 is 6.18 Å². The van der Waals surface area contributed by atoms with Gasteiger partial charge < -0.3 is 15.5 Å². The third-order valence-corrected chi connectivity index (χ3v) is 7.19. The molecule has 2 aromatic carbocycles. The van der Waals surface area contributed by atoms with Crippen LogP contribution in [-0.2, 0) is 12.7 Å². The van der Waals surface area contributed by atoms with E-state index in [1.54, 1.807) is 37.6 Å². The second-order valence-electron chi connectivity index (χ2n) is 10.2. The first-order chi connectivity index (χ1) is 20.1. The van der Waals surface area contributed by atoms with E-state index in [4.69, 9.17) is 0 Å². The lowest BCUT2D eigenvalue weighted by Crippen LogP contribution is -2.44. The van der Waals surface area contributed by atoms with Crippen molar-refractivity contribution in [2.24, 2.45) is 0 Å². The SMILES string of the molecule is Cc1c(F)cc(NC(=O)c2ccc(CN3CCN(C)CC3)c(C(F)(F)F)c2)cc1Nc1cc(-c2cncnc2)ccn1. The zero-order valence-corrected chi connectivity index (χ0v) is 23.0. The van der Waals surface area contributed by atoms with E-state index in [0.29, 0.717) is 24.6 Å². The van der Waals surface area contributed by atoms with E-state index in [1.807, 2.05) is 11.9 Å². The van der Waals surface area contributed by atoms with Crippen LogP contribution < -0.4 is 10.6 Å². The summed E-state index contributed by atoms with van der Waals surface area (Å²) < 4.78 is 56.9. The molecule has 0 radical (unpaired) electrons. The van der Waals surface area contributed by atoms with Gasteiger partial charge in [0.05, 0.1) is 5.56 Å². The highest BCUT2D eigenvalue weighted by atomic mass is 19.4. The van der Waals surface area contributed by atoms with Crippen LogP contribution in [0.1, 0.15) is 27.0 Å². The number of hydrogen-bond acceptors (Lipinski definition) is 7. The van der Waals surface area contributed by atoms with Gasteiger partial charge in [-0.3, -0.25) is 9.69 Å². The molecule has 0 unspecified atom stereocenters. The number of hydrogen-bond donors (Lipinski definition) is 2. The summed E-state index contributed by atoms with van der Waals surface area (Å²) in [4.78, 5) is 29.4. The number of nitrogens with zero attached hydrogens (tertiary/aromatic N) is 5. The number of rotatable bonds is 7. The Morgan fingerprint density at radius 1 is 0.976 bits per heavy atom. The van der Waals surface area contributed by atoms with Crippen molar-refractivity contribution in [3.8, 4) is 11.1 Å². The van der Waals surface area contributed by atoms with Crippen LogP contribution in [0.4, 0.5) is 34.8 Å². The maximum absolute atomic E-state index is 14.9. The first-order valence-corrected chi connectivity index (χ1v) is 13.3. The zero-order valence-electron chi connectivity index (χ0n) is 23.0. The van der Waals surface area contributed by atoms with Gasteiger partial charge in [0.2, 0.25) is 0 Å². The molecule has 1 fully saturated rings. The fourth-order valence-electron chi connectivity index (χ4n) is 4.72. The predicted octanol–water partition coefficient (Wildman–Crippen LogP) is 5.75. The molecule has 0 bridgehead atoms. The molecule has 12 heteroatoms. The Kier molecular flexibility index (Phi) is 8.46. The average Bonchev–Trinajstić information content (AvgIpc) is 2.97. The van der Waals surface area contributed by atoms with Gasteiger partial charge in [-0.05, 0) is 61.5 Å². The second kappa shape index (κ2) is 12.2. The molecular weight excluding hydrogens is 550 g/mol. The van der Waals surface area contributed by atoms with Crippen LogP contribution in [0.25, 0.3) is 11.1 Å². The van der Waals surface area contributed by atoms with E-state index in [1.165, 1.54) is 24.5 Å². The number of halogens is 4. The molecule has 42 heavy (non-hydrogen) atoms. The highest BCUT2D eigenvalue weighted by Gasteiger charge is 2.34.